The lowest BCUT2D eigenvalue weighted by molar-refractivity contribution is 0.0726. The highest BCUT2D eigenvalue weighted by Crippen LogP contribution is 2.31. The molecule has 0 aliphatic heterocycles. The summed E-state index contributed by atoms with van der Waals surface area (Å²) >= 11 is 0. The van der Waals surface area contributed by atoms with E-state index in [0.29, 0.717) is 59.7 Å². The van der Waals surface area contributed by atoms with Crippen LogP contribution in [0.15, 0.2) is 59.7 Å². The van der Waals surface area contributed by atoms with Crippen LogP contribution in [0.4, 0.5) is 5.82 Å². The summed E-state index contributed by atoms with van der Waals surface area (Å²) in [6.07, 6.45) is 3.66. The SMILES string of the molecule is COc1ccc2c(Oc3ccc(NC(=O)c4cc5c(n(C(O)CC(C)C)c4=O)CCCC5=O)nc3)ccnc2c1. The first-order valence-corrected chi connectivity index (χ1v) is 13.1. The smallest absolute Gasteiger partial charge is 0.265 e. The van der Waals surface area contributed by atoms with Crippen molar-refractivity contribution in [3.63, 3.8) is 0 Å². The van der Waals surface area contributed by atoms with Crippen molar-refractivity contribution in [1.82, 2.24) is 14.5 Å². The largest absolute Gasteiger partial charge is 0.497 e. The first kappa shape index (κ1) is 27.0. The number of hydrogen-bond acceptors (Lipinski definition) is 8. The van der Waals surface area contributed by atoms with Gasteiger partial charge in [0.05, 0.1) is 18.8 Å². The highest BCUT2D eigenvalue weighted by Gasteiger charge is 2.28. The normalized spacial score (nSPS) is 13.7. The molecule has 3 aromatic heterocycles. The highest BCUT2D eigenvalue weighted by atomic mass is 16.5. The van der Waals surface area contributed by atoms with E-state index in [1.54, 1.807) is 31.5 Å². The van der Waals surface area contributed by atoms with Gasteiger partial charge in [0.25, 0.3) is 11.5 Å². The monoisotopic (exact) mass is 542 g/mol. The first-order chi connectivity index (χ1) is 19.2. The summed E-state index contributed by atoms with van der Waals surface area (Å²) in [5, 5.41) is 14.3. The molecule has 0 fully saturated rings. The minimum atomic E-state index is -1.14. The number of fused-ring (bicyclic) bond motifs is 2. The number of nitrogens with one attached hydrogen (secondary N) is 1. The van der Waals surface area contributed by atoms with Crippen molar-refractivity contribution in [2.45, 2.75) is 45.8 Å². The Morgan fingerprint density at radius 1 is 1.07 bits per heavy atom. The van der Waals surface area contributed by atoms with Crippen LogP contribution in [0.3, 0.4) is 0 Å². The van der Waals surface area contributed by atoms with E-state index < -0.39 is 17.7 Å². The van der Waals surface area contributed by atoms with Crippen LogP contribution < -0.4 is 20.3 Å². The second-order valence-electron chi connectivity index (χ2n) is 10.1. The van der Waals surface area contributed by atoms with Crippen LogP contribution in [0.2, 0.25) is 0 Å². The molecular weight excluding hydrogens is 512 g/mol. The van der Waals surface area contributed by atoms with Gasteiger partial charge in [0.1, 0.15) is 34.9 Å². The molecule has 1 unspecified atom stereocenters. The van der Waals surface area contributed by atoms with Gasteiger partial charge in [-0.3, -0.25) is 23.9 Å². The molecule has 5 rings (SSSR count). The topological polar surface area (TPSA) is 133 Å². The van der Waals surface area contributed by atoms with E-state index in [2.05, 4.69) is 15.3 Å². The average molecular weight is 543 g/mol. The van der Waals surface area contributed by atoms with Crippen LogP contribution in [-0.4, -0.2) is 38.4 Å². The lowest BCUT2D eigenvalue weighted by atomic mass is 9.92. The standard InChI is InChI=1S/C30H30N4O6/c1-17(2)13-28(36)34-24-5-4-6-25(35)21(24)15-22(30(34)38)29(37)33-27-10-8-19(16-32-27)40-26-11-12-31-23-14-18(39-3)7-9-20(23)26/h7-12,14-17,28,36H,4-6,13H2,1-3H3,(H,32,33,37). The molecule has 2 N–H and O–H groups in total. The fraction of sp³-hybridized carbons (Fsp3) is 0.300. The van der Waals surface area contributed by atoms with Gasteiger partial charge < -0.3 is 19.9 Å². The Balaban J connectivity index is 1.39. The number of pyridine rings is 3. The van der Waals surface area contributed by atoms with Crippen LogP contribution in [0, 0.1) is 5.92 Å². The van der Waals surface area contributed by atoms with Gasteiger partial charge in [0.15, 0.2) is 5.78 Å². The van der Waals surface area contributed by atoms with Crippen molar-refractivity contribution < 1.29 is 24.2 Å². The molecule has 4 aromatic rings. The van der Waals surface area contributed by atoms with E-state index >= 15 is 0 Å². The number of carbonyl (C=O) groups excluding carboxylic acids is 2. The van der Waals surface area contributed by atoms with E-state index in [-0.39, 0.29) is 23.1 Å². The highest BCUT2D eigenvalue weighted by molar-refractivity contribution is 6.06. The number of nitrogens with zero attached hydrogens (tertiary/aromatic N) is 3. The maximum Gasteiger partial charge on any atom is 0.265 e. The summed E-state index contributed by atoms with van der Waals surface area (Å²) in [5.74, 6) is 1.12. The van der Waals surface area contributed by atoms with Crippen LogP contribution in [-0.2, 0) is 6.42 Å². The third-order valence-electron chi connectivity index (χ3n) is 6.80. The number of aromatic nitrogens is 3. The summed E-state index contributed by atoms with van der Waals surface area (Å²) in [7, 11) is 1.59. The third kappa shape index (κ3) is 5.43. The van der Waals surface area contributed by atoms with Crippen molar-refractivity contribution in [3.05, 3.63) is 82.0 Å². The number of ketones is 1. The molecule has 1 aliphatic carbocycles. The quantitative estimate of drug-likeness (QED) is 0.321. The number of amides is 1. The first-order valence-electron chi connectivity index (χ1n) is 13.1. The number of anilines is 1. The lowest BCUT2D eigenvalue weighted by Gasteiger charge is -2.25. The Morgan fingerprint density at radius 2 is 1.88 bits per heavy atom. The predicted octanol–water partition coefficient (Wildman–Crippen LogP) is 4.90. The zero-order chi connectivity index (χ0) is 28.4. The molecule has 0 bridgehead atoms. The zero-order valence-electron chi connectivity index (χ0n) is 22.5. The van der Waals surface area contributed by atoms with Gasteiger partial charge in [-0.15, -0.1) is 0 Å². The van der Waals surface area contributed by atoms with Crippen molar-refractivity contribution in [3.8, 4) is 17.2 Å². The molecule has 3 heterocycles. The van der Waals surface area contributed by atoms with Gasteiger partial charge in [-0.25, -0.2) is 4.98 Å². The molecule has 1 aromatic carbocycles. The molecule has 0 spiro atoms. The summed E-state index contributed by atoms with van der Waals surface area (Å²) < 4.78 is 12.5. The van der Waals surface area contributed by atoms with Gasteiger partial charge in [-0.2, -0.15) is 0 Å². The number of carbonyl (C=O) groups is 2. The van der Waals surface area contributed by atoms with Crippen molar-refractivity contribution >= 4 is 28.4 Å². The molecule has 0 saturated heterocycles. The Kier molecular flexibility index (Phi) is 7.61. The van der Waals surface area contributed by atoms with Crippen LogP contribution in [0.1, 0.15) is 65.7 Å². The summed E-state index contributed by atoms with van der Waals surface area (Å²) in [6, 6.07) is 11.7. The molecule has 10 heteroatoms. The number of Topliss-reactive ketones (excluding diaryl/α,β-unsaturated/α-hetero) is 1. The average Bonchev–Trinajstić information content (AvgIpc) is 2.93. The van der Waals surface area contributed by atoms with Gasteiger partial charge >= 0.3 is 0 Å². The van der Waals surface area contributed by atoms with Gasteiger partial charge in [-0.05, 0) is 61.6 Å². The third-order valence-corrected chi connectivity index (χ3v) is 6.80. The zero-order valence-corrected chi connectivity index (χ0v) is 22.5. The van der Waals surface area contributed by atoms with E-state index in [1.165, 1.54) is 16.8 Å². The van der Waals surface area contributed by atoms with Gasteiger partial charge in [-0.1, -0.05) is 13.8 Å². The fourth-order valence-corrected chi connectivity index (χ4v) is 4.87. The van der Waals surface area contributed by atoms with Crippen LogP contribution >= 0.6 is 0 Å². The molecule has 40 heavy (non-hydrogen) atoms. The number of aliphatic hydroxyl groups is 1. The Labute approximate surface area is 230 Å². The summed E-state index contributed by atoms with van der Waals surface area (Å²) in [5.41, 5.74) is 0.629. The Morgan fingerprint density at radius 3 is 2.60 bits per heavy atom. The maximum absolute atomic E-state index is 13.4. The van der Waals surface area contributed by atoms with Crippen LogP contribution in [0.25, 0.3) is 10.9 Å². The lowest BCUT2D eigenvalue weighted by Crippen LogP contribution is -2.37. The molecule has 1 atom stereocenters. The molecule has 1 aliphatic rings. The van der Waals surface area contributed by atoms with Crippen LogP contribution in [0.5, 0.6) is 17.2 Å². The van der Waals surface area contributed by atoms with E-state index in [0.717, 1.165) is 5.39 Å². The molecule has 206 valence electrons. The van der Waals surface area contributed by atoms with Gasteiger partial charge in [0, 0.05) is 35.3 Å². The number of rotatable bonds is 8. The number of methoxy groups -OCH3 is 1. The van der Waals surface area contributed by atoms with Gasteiger partial charge in [0.2, 0.25) is 0 Å². The molecule has 0 radical (unpaired) electrons. The van der Waals surface area contributed by atoms with E-state index in [1.807, 2.05) is 32.0 Å². The minimum Gasteiger partial charge on any atom is -0.497 e. The molecule has 0 saturated carbocycles. The number of ether oxygens (including phenoxy) is 2. The molecular formula is C30H30N4O6. The summed E-state index contributed by atoms with van der Waals surface area (Å²) in [6.45, 7) is 3.85. The van der Waals surface area contributed by atoms with Crippen molar-refractivity contribution in [1.29, 1.82) is 0 Å². The second-order valence-corrected chi connectivity index (χ2v) is 10.1. The Hall–Kier alpha value is -4.57. The Bertz CT molecular complexity index is 1650. The number of aliphatic hydroxyl groups excluding tert-OH is 1. The maximum atomic E-state index is 13.4. The van der Waals surface area contributed by atoms with E-state index in [4.69, 9.17) is 9.47 Å². The minimum absolute atomic E-state index is 0.104. The second kappa shape index (κ2) is 11.3. The predicted molar refractivity (Wildman–Crippen MR) is 149 cm³/mol. The van der Waals surface area contributed by atoms with E-state index in [9.17, 15) is 19.5 Å². The summed E-state index contributed by atoms with van der Waals surface area (Å²) in [4.78, 5) is 47.8. The van der Waals surface area contributed by atoms with Crippen molar-refractivity contribution in [2.75, 3.05) is 12.4 Å². The van der Waals surface area contributed by atoms with Crippen molar-refractivity contribution in [2.24, 2.45) is 5.92 Å². The number of hydrogen-bond donors (Lipinski definition) is 2. The fourth-order valence-electron chi connectivity index (χ4n) is 4.87. The number of benzene rings is 1. The molecule has 1 amide bonds. The molecule has 10 nitrogen and oxygen atoms in total.